The molecule has 0 radical (unpaired) electrons. The summed E-state index contributed by atoms with van der Waals surface area (Å²) in [7, 11) is 0. The number of aliphatic hydroxyl groups is 1. The van der Waals surface area contributed by atoms with Crippen LogP contribution in [0.4, 0.5) is 0 Å². The SMILES string of the molecule is CC(=O)N[C@H]1C(O)O[C@@H]([C@@H](C)OC(C)=O)[C@@H]1OC(C)=O. The van der Waals surface area contributed by atoms with Crippen LogP contribution in [0, 0.1) is 0 Å². The van der Waals surface area contributed by atoms with Crippen molar-refractivity contribution in [2.75, 3.05) is 0 Å². The molecule has 5 atom stereocenters. The van der Waals surface area contributed by atoms with Gasteiger partial charge in [0.2, 0.25) is 5.91 Å². The molecule has 2 N–H and O–H groups in total. The van der Waals surface area contributed by atoms with E-state index in [1.165, 1.54) is 20.8 Å². The quantitative estimate of drug-likeness (QED) is 0.644. The summed E-state index contributed by atoms with van der Waals surface area (Å²) in [5.74, 6) is -1.53. The zero-order valence-corrected chi connectivity index (χ0v) is 11.8. The van der Waals surface area contributed by atoms with Crippen LogP contribution in [0.15, 0.2) is 0 Å². The van der Waals surface area contributed by atoms with E-state index in [4.69, 9.17) is 14.2 Å². The van der Waals surface area contributed by atoms with Crippen molar-refractivity contribution in [1.82, 2.24) is 5.32 Å². The Kier molecular flexibility index (Phi) is 5.46. The van der Waals surface area contributed by atoms with Gasteiger partial charge >= 0.3 is 11.9 Å². The van der Waals surface area contributed by atoms with Gasteiger partial charge in [0.15, 0.2) is 12.4 Å². The molecule has 20 heavy (non-hydrogen) atoms. The molecule has 114 valence electrons. The molecule has 1 amide bonds. The molecule has 0 saturated carbocycles. The van der Waals surface area contributed by atoms with Crippen molar-refractivity contribution in [3.63, 3.8) is 0 Å². The highest BCUT2D eigenvalue weighted by molar-refractivity contribution is 5.73. The average Bonchev–Trinajstić information content (AvgIpc) is 2.55. The summed E-state index contributed by atoms with van der Waals surface area (Å²) in [6, 6.07) is -0.917. The van der Waals surface area contributed by atoms with E-state index in [-0.39, 0.29) is 0 Å². The van der Waals surface area contributed by atoms with Crippen molar-refractivity contribution >= 4 is 17.8 Å². The van der Waals surface area contributed by atoms with Crippen molar-refractivity contribution in [3.05, 3.63) is 0 Å². The third-order valence-corrected chi connectivity index (χ3v) is 2.77. The average molecular weight is 289 g/mol. The molecule has 0 aromatic heterocycles. The Bertz CT molecular complexity index is 397. The topological polar surface area (TPSA) is 111 Å². The Morgan fingerprint density at radius 2 is 1.80 bits per heavy atom. The smallest absolute Gasteiger partial charge is 0.303 e. The molecule has 1 unspecified atom stereocenters. The molecule has 0 bridgehead atoms. The highest BCUT2D eigenvalue weighted by Gasteiger charge is 2.49. The fourth-order valence-electron chi connectivity index (χ4n) is 2.12. The molecule has 1 rings (SSSR count). The highest BCUT2D eigenvalue weighted by Crippen LogP contribution is 2.26. The lowest BCUT2D eigenvalue weighted by Gasteiger charge is -2.26. The Hall–Kier alpha value is -1.67. The van der Waals surface area contributed by atoms with Crippen molar-refractivity contribution < 1.29 is 33.7 Å². The molecule has 1 saturated heterocycles. The molecular formula is C12H19NO7. The van der Waals surface area contributed by atoms with E-state index >= 15 is 0 Å². The van der Waals surface area contributed by atoms with E-state index < -0.39 is 48.5 Å². The van der Waals surface area contributed by atoms with Crippen LogP contribution in [0.1, 0.15) is 27.7 Å². The summed E-state index contributed by atoms with van der Waals surface area (Å²) in [4.78, 5) is 33.2. The van der Waals surface area contributed by atoms with Gasteiger partial charge in [0, 0.05) is 20.8 Å². The third-order valence-electron chi connectivity index (χ3n) is 2.77. The van der Waals surface area contributed by atoms with E-state index in [9.17, 15) is 19.5 Å². The minimum Gasteiger partial charge on any atom is -0.460 e. The van der Waals surface area contributed by atoms with Gasteiger partial charge < -0.3 is 24.6 Å². The third kappa shape index (κ3) is 4.17. The Morgan fingerprint density at radius 1 is 1.20 bits per heavy atom. The molecule has 8 heteroatoms. The number of hydrogen-bond acceptors (Lipinski definition) is 7. The highest BCUT2D eigenvalue weighted by atomic mass is 16.7. The first-order valence-corrected chi connectivity index (χ1v) is 6.17. The monoisotopic (exact) mass is 289 g/mol. The molecule has 0 aromatic carbocycles. The second-order valence-corrected chi connectivity index (χ2v) is 4.61. The fraction of sp³-hybridized carbons (Fsp3) is 0.750. The van der Waals surface area contributed by atoms with Crippen LogP contribution in [-0.4, -0.2) is 53.6 Å². The number of hydrogen-bond donors (Lipinski definition) is 2. The number of esters is 2. The second-order valence-electron chi connectivity index (χ2n) is 4.61. The van der Waals surface area contributed by atoms with E-state index in [0.717, 1.165) is 0 Å². The van der Waals surface area contributed by atoms with Crippen molar-refractivity contribution in [2.24, 2.45) is 0 Å². The molecule has 8 nitrogen and oxygen atoms in total. The zero-order valence-electron chi connectivity index (χ0n) is 11.8. The van der Waals surface area contributed by atoms with Crippen LogP contribution in [0.2, 0.25) is 0 Å². The molecule has 0 spiro atoms. The number of carbonyl (C=O) groups excluding carboxylic acids is 3. The van der Waals surface area contributed by atoms with Gasteiger partial charge in [-0.2, -0.15) is 0 Å². The summed E-state index contributed by atoms with van der Waals surface area (Å²) in [6.07, 6.45) is -3.91. The predicted octanol–water partition coefficient (Wildman–Crippen LogP) is -0.908. The molecule has 0 aliphatic carbocycles. The minimum atomic E-state index is -1.36. The van der Waals surface area contributed by atoms with Crippen LogP contribution >= 0.6 is 0 Å². The molecule has 1 fully saturated rings. The van der Waals surface area contributed by atoms with Crippen molar-refractivity contribution in [1.29, 1.82) is 0 Å². The van der Waals surface area contributed by atoms with Crippen LogP contribution in [0.3, 0.4) is 0 Å². The van der Waals surface area contributed by atoms with E-state index in [2.05, 4.69) is 5.32 Å². The van der Waals surface area contributed by atoms with Gasteiger partial charge in [0.25, 0.3) is 0 Å². The summed E-state index contributed by atoms with van der Waals surface area (Å²) in [5, 5.41) is 12.3. The maximum absolute atomic E-state index is 11.1. The summed E-state index contributed by atoms with van der Waals surface area (Å²) in [5.41, 5.74) is 0. The second kappa shape index (κ2) is 6.67. The van der Waals surface area contributed by atoms with Gasteiger partial charge in [-0.15, -0.1) is 0 Å². The molecule has 1 aliphatic heterocycles. The number of aliphatic hydroxyl groups excluding tert-OH is 1. The van der Waals surface area contributed by atoms with E-state index in [1.807, 2.05) is 0 Å². The van der Waals surface area contributed by atoms with Gasteiger partial charge in [0.05, 0.1) is 0 Å². The van der Waals surface area contributed by atoms with Crippen LogP contribution in [0.25, 0.3) is 0 Å². The first-order valence-electron chi connectivity index (χ1n) is 6.17. The normalized spacial score (nSPS) is 30.4. The van der Waals surface area contributed by atoms with Crippen LogP contribution in [-0.2, 0) is 28.6 Å². The summed E-state index contributed by atoms with van der Waals surface area (Å²) in [6.45, 7) is 5.24. The Morgan fingerprint density at radius 3 is 2.25 bits per heavy atom. The predicted molar refractivity (Wildman–Crippen MR) is 65.3 cm³/mol. The summed E-state index contributed by atoms with van der Waals surface area (Å²) >= 11 is 0. The summed E-state index contributed by atoms with van der Waals surface area (Å²) < 4.78 is 15.3. The standard InChI is InChI=1S/C12H19NO7/c1-5(18-7(3)15)10-11(19-8(4)16)9(12(17)20-10)13-6(2)14/h5,9-12,17H,1-4H3,(H,13,14)/t5-,9-,10+,11-,12?/m1/s1. The van der Waals surface area contributed by atoms with Gasteiger partial charge in [-0.25, -0.2) is 0 Å². The molecule has 0 aromatic rings. The van der Waals surface area contributed by atoms with Crippen LogP contribution in [0.5, 0.6) is 0 Å². The molecular weight excluding hydrogens is 270 g/mol. The largest absolute Gasteiger partial charge is 0.460 e. The molecule has 1 aliphatic rings. The van der Waals surface area contributed by atoms with Gasteiger partial charge in [-0.05, 0) is 6.92 Å². The first-order chi connectivity index (χ1) is 9.22. The lowest BCUT2D eigenvalue weighted by atomic mass is 10.0. The fourth-order valence-corrected chi connectivity index (χ4v) is 2.12. The van der Waals surface area contributed by atoms with Crippen LogP contribution < -0.4 is 5.32 Å². The lowest BCUT2D eigenvalue weighted by Crippen LogP contribution is -2.50. The van der Waals surface area contributed by atoms with Crippen molar-refractivity contribution in [3.8, 4) is 0 Å². The first kappa shape index (κ1) is 16.4. The Balaban J connectivity index is 2.89. The van der Waals surface area contributed by atoms with Crippen molar-refractivity contribution in [2.45, 2.75) is 58.3 Å². The Labute approximate surface area is 116 Å². The van der Waals surface area contributed by atoms with E-state index in [0.29, 0.717) is 0 Å². The van der Waals surface area contributed by atoms with E-state index in [1.54, 1.807) is 6.92 Å². The van der Waals surface area contributed by atoms with Gasteiger partial charge in [-0.1, -0.05) is 0 Å². The zero-order chi connectivity index (χ0) is 15.4. The van der Waals surface area contributed by atoms with Gasteiger partial charge in [0.1, 0.15) is 18.2 Å². The lowest BCUT2D eigenvalue weighted by molar-refractivity contribution is -0.170. The number of amides is 1. The number of nitrogens with one attached hydrogen (secondary N) is 1. The van der Waals surface area contributed by atoms with Gasteiger partial charge in [-0.3, -0.25) is 14.4 Å². The number of rotatable bonds is 4. The number of ether oxygens (including phenoxy) is 3. The maximum atomic E-state index is 11.1. The molecule has 1 heterocycles. The maximum Gasteiger partial charge on any atom is 0.303 e. The number of carbonyl (C=O) groups is 3. The minimum absolute atomic E-state index is 0.407.